The van der Waals surface area contributed by atoms with Gasteiger partial charge < -0.3 is 29.5 Å². The maximum atomic E-state index is 13.7. The number of fused-ring (bicyclic) bond motifs is 4. The van der Waals surface area contributed by atoms with Crippen molar-refractivity contribution in [3.63, 3.8) is 0 Å². The molecule has 0 aromatic carbocycles. The van der Waals surface area contributed by atoms with Gasteiger partial charge in [-0.05, 0) is 63.1 Å². The quantitative estimate of drug-likeness (QED) is 0.171. The molecule has 8 rings (SSSR count). The predicted molar refractivity (Wildman–Crippen MR) is 186 cm³/mol. The van der Waals surface area contributed by atoms with E-state index in [1.807, 2.05) is 12.1 Å². The molecule has 1 amide bonds. The number of carbonyl (C=O) groups excluding carboxylic acids is 2. The van der Waals surface area contributed by atoms with Crippen LogP contribution in [0.5, 0.6) is 0 Å². The molecule has 49 heavy (non-hydrogen) atoms. The second-order valence-corrected chi connectivity index (χ2v) is 21.8. The number of amides is 1. The van der Waals surface area contributed by atoms with E-state index in [1.165, 1.54) is 7.11 Å². The maximum Gasteiger partial charge on any atom is 0.311 e. The lowest BCUT2D eigenvalue weighted by Gasteiger charge is -2.52. The van der Waals surface area contributed by atoms with E-state index in [-0.39, 0.29) is 24.0 Å². The van der Waals surface area contributed by atoms with Gasteiger partial charge >= 0.3 is 5.97 Å². The van der Waals surface area contributed by atoms with E-state index in [2.05, 4.69) is 41.9 Å². The summed E-state index contributed by atoms with van der Waals surface area (Å²) in [6.07, 6.45) is 8.43. The van der Waals surface area contributed by atoms with Gasteiger partial charge in [0.25, 0.3) is 0 Å². The molecule has 5 fully saturated rings. The zero-order valence-electron chi connectivity index (χ0n) is 29.5. The van der Waals surface area contributed by atoms with Crippen molar-refractivity contribution >= 4 is 36.8 Å². The fourth-order valence-corrected chi connectivity index (χ4v) is 9.11. The zero-order valence-corrected chi connectivity index (χ0v) is 30.5. The van der Waals surface area contributed by atoms with E-state index in [0.717, 1.165) is 28.6 Å². The average molecular weight is 694 g/mol. The molecule has 2 N–H and O–H groups in total. The summed E-state index contributed by atoms with van der Waals surface area (Å²) in [6.45, 7) is 12.0. The van der Waals surface area contributed by atoms with E-state index in [1.54, 1.807) is 21.8 Å². The molecule has 1 saturated heterocycles. The Morgan fingerprint density at radius 1 is 1.10 bits per heavy atom. The number of anilines is 1. The van der Waals surface area contributed by atoms with Crippen LogP contribution in [-0.4, -0.2) is 95.2 Å². The van der Waals surface area contributed by atoms with Crippen LogP contribution < -0.4 is 10.2 Å². The summed E-state index contributed by atoms with van der Waals surface area (Å²) < 4.78 is 20.4. The van der Waals surface area contributed by atoms with Gasteiger partial charge in [-0.1, -0.05) is 19.6 Å². The highest BCUT2D eigenvalue weighted by Crippen LogP contribution is 2.58. The number of morpholine rings is 1. The van der Waals surface area contributed by atoms with Gasteiger partial charge in [0.1, 0.15) is 12.5 Å². The molecule has 4 aliphatic carbocycles. The van der Waals surface area contributed by atoms with Crippen LogP contribution >= 0.6 is 0 Å². The molecule has 3 aromatic heterocycles. The molecule has 4 saturated carbocycles. The number of esters is 1. The Kier molecular flexibility index (Phi) is 8.90. The summed E-state index contributed by atoms with van der Waals surface area (Å²) in [5.41, 5.74) is -0.646. The topological polar surface area (TPSA) is 146 Å². The van der Waals surface area contributed by atoms with Gasteiger partial charge in [0.15, 0.2) is 11.5 Å². The lowest BCUT2D eigenvalue weighted by molar-refractivity contribution is -0.167. The predicted octanol–water partition coefficient (Wildman–Crippen LogP) is 4.13. The van der Waals surface area contributed by atoms with Crippen molar-refractivity contribution in [1.29, 1.82) is 0 Å². The molecule has 0 radical (unpaired) electrons. The minimum absolute atomic E-state index is 0.0496. The molecule has 0 unspecified atom stereocenters. The standard InChI is InChI=1S/C35H51N7O6Si/c1-24-22-47-15-14-40(24)28-18-27(26-21-37-42(30(26)39-28)29-6-13-36-41(29)23-48-16-17-49(3,4)5)35(45)19-25(20-35)38-31(43)33-7-10-34(11-8-33,12-9-33)32(44)46-2/h6,13,18,21,24-25,45H,7-12,14-17,19-20,22-23H2,1-5H3,(H,38,43)/t24-,25?,33?,34?,35?/m1/s1. The highest BCUT2D eigenvalue weighted by molar-refractivity contribution is 6.76. The lowest BCUT2D eigenvalue weighted by Crippen LogP contribution is -2.59. The average Bonchev–Trinajstić information content (AvgIpc) is 3.72. The monoisotopic (exact) mass is 693 g/mol. The molecule has 5 aliphatic rings. The summed E-state index contributed by atoms with van der Waals surface area (Å²) in [5, 5.41) is 25.5. The molecule has 14 heteroatoms. The van der Waals surface area contributed by atoms with Gasteiger partial charge in [-0.25, -0.2) is 9.67 Å². The van der Waals surface area contributed by atoms with E-state index in [4.69, 9.17) is 24.3 Å². The van der Waals surface area contributed by atoms with Crippen LogP contribution in [0.25, 0.3) is 16.9 Å². The van der Waals surface area contributed by atoms with Crippen molar-refractivity contribution in [2.24, 2.45) is 10.8 Å². The van der Waals surface area contributed by atoms with Crippen molar-refractivity contribution in [3.05, 3.63) is 30.1 Å². The fraction of sp³-hybridized carbons (Fsp3) is 0.686. The number of nitrogens with zero attached hydrogens (tertiary/aromatic N) is 6. The maximum absolute atomic E-state index is 13.7. The van der Waals surface area contributed by atoms with Crippen molar-refractivity contribution in [2.45, 2.75) is 108 Å². The van der Waals surface area contributed by atoms with Gasteiger partial charge in [-0.2, -0.15) is 14.9 Å². The van der Waals surface area contributed by atoms with Gasteiger partial charge in [-0.15, -0.1) is 0 Å². The molecule has 1 aliphatic heterocycles. The van der Waals surface area contributed by atoms with Gasteiger partial charge in [0, 0.05) is 57.0 Å². The SMILES string of the molecule is COC(=O)C12CCC(C(=O)NC3CC(O)(c4cc(N5CCOC[C@H]5C)nc5c4cnn5-c4ccnn4COCC[Si](C)(C)C)C3)(CC1)CC2. The number of pyridine rings is 1. The Balaban J connectivity index is 1.12. The second-order valence-electron chi connectivity index (χ2n) is 16.1. The number of hydrogen-bond donors (Lipinski definition) is 2. The molecule has 4 heterocycles. The first-order valence-corrected chi connectivity index (χ1v) is 21.5. The first-order valence-electron chi connectivity index (χ1n) is 17.8. The molecule has 1 atom stereocenters. The molecule has 0 spiro atoms. The van der Waals surface area contributed by atoms with E-state index in [9.17, 15) is 14.7 Å². The smallest absolute Gasteiger partial charge is 0.311 e. The number of methoxy groups -OCH3 is 1. The number of hydrogen-bond acceptors (Lipinski definition) is 10. The highest BCUT2D eigenvalue weighted by atomic mass is 28.3. The zero-order chi connectivity index (χ0) is 34.6. The number of aliphatic hydroxyl groups is 1. The third-order valence-electron chi connectivity index (χ3n) is 11.7. The van der Waals surface area contributed by atoms with Gasteiger partial charge in [0.05, 0.1) is 49.8 Å². The number of carbonyl (C=O) groups is 2. The minimum atomic E-state index is -1.23. The minimum Gasteiger partial charge on any atom is -0.469 e. The molecule has 3 aromatic rings. The first-order chi connectivity index (χ1) is 23.4. The number of nitrogens with one attached hydrogen (secondary N) is 1. The summed E-state index contributed by atoms with van der Waals surface area (Å²) in [6, 6.07) is 4.92. The van der Waals surface area contributed by atoms with E-state index in [0.29, 0.717) is 90.1 Å². The third-order valence-corrected chi connectivity index (χ3v) is 13.4. The first kappa shape index (κ1) is 34.1. The van der Waals surface area contributed by atoms with Crippen molar-refractivity contribution in [3.8, 4) is 5.82 Å². The van der Waals surface area contributed by atoms with Crippen LogP contribution in [0.3, 0.4) is 0 Å². The third kappa shape index (κ3) is 6.29. The Hall–Kier alpha value is -3.33. The van der Waals surface area contributed by atoms with Crippen LogP contribution in [0.2, 0.25) is 25.7 Å². The van der Waals surface area contributed by atoms with E-state index >= 15 is 0 Å². The second kappa shape index (κ2) is 12.8. The summed E-state index contributed by atoms with van der Waals surface area (Å²) >= 11 is 0. The Labute approximate surface area is 288 Å². The van der Waals surface area contributed by atoms with Crippen LogP contribution in [0, 0.1) is 10.8 Å². The largest absolute Gasteiger partial charge is 0.469 e. The van der Waals surface area contributed by atoms with Crippen LogP contribution in [-0.2, 0) is 36.1 Å². The Morgan fingerprint density at radius 3 is 2.49 bits per heavy atom. The number of ether oxygens (including phenoxy) is 3. The summed E-state index contributed by atoms with van der Waals surface area (Å²) in [5.74, 6) is 1.40. The highest BCUT2D eigenvalue weighted by Gasteiger charge is 2.57. The molecule has 2 bridgehead atoms. The fourth-order valence-electron chi connectivity index (χ4n) is 8.35. The molecular formula is C35H51N7O6Si. The van der Waals surface area contributed by atoms with Crippen LogP contribution in [0.1, 0.15) is 63.9 Å². The van der Waals surface area contributed by atoms with Crippen molar-refractivity contribution in [2.75, 3.05) is 38.4 Å². The van der Waals surface area contributed by atoms with Crippen LogP contribution in [0.4, 0.5) is 5.82 Å². The summed E-state index contributed by atoms with van der Waals surface area (Å²) in [7, 11) is 0.223. The normalized spacial score (nSPS) is 30.0. The Morgan fingerprint density at radius 2 is 1.82 bits per heavy atom. The number of aromatic nitrogens is 5. The van der Waals surface area contributed by atoms with Crippen molar-refractivity contribution < 1.29 is 28.9 Å². The Bertz CT molecular complexity index is 1680. The lowest BCUT2D eigenvalue weighted by atomic mass is 9.53. The van der Waals surface area contributed by atoms with Gasteiger partial charge in [-0.3, -0.25) is 9.59 Å². The summed E-state index contributed by atoms with van der Waals surface area (Å²) in [4.78, 5) is 33.6. The molecule has 13 nitrogen and oxygen atoms in total. The number of rotatable bonds is 11. The van der Waals surface area contributed by atoms with Crippen molar-refractivity contribution in [1.82, 2.24) is 29.9 Å². The van der Waals surface area contributed by atoms with Crippen LogP contribution in [0.15, 0.2) is 24.5 Å². The molecular weight excluding hydrogens is 643 g/mol. The molecule has 266 valence electrons. The van der Waals surface area contributed by atoms with Gasteiger partial charge in [0.2, 0.25) is 5.91 Å². The van der Waals surface area contributed by atoms with E-state index < -0.39 is 24.5 Å².